The molecule has 0 aliphatic heterocycles. The van der Waals surface area contributed by atoms with Crippen molar-refractivity contribution in [2.24, 2.45) is 0 Å². The van der Waals surface area contributed by atoms with E-state index < -0.39 is 0 Å². The van der Waals surface area contributed by atoms with Crippen LogP contribution in [0.4, 0.5) is 5.69 Å². The van der Waals surface area contributed by atoms with Crippen molar-refractivity contribution in [1.82, 2.24) is 15.3 Å². The molecule has 0 unspecified atom stereocenters. The van der Waals surface area contributed by atoms with E-state index in [2.05, 4.69) is 20.6 Å². The monoisotopic (exact) mass is 308 g/mol. The zero-order valence-corrected chi connectivity index (χ0v) is 12.4. The second-order valence-corrected chi connectivity index (χ2v) is 4.90. The molecule has 6 nitrogen and oxygen atoms in total. The number of anilines is 1. The van der Waals surface area contributed by atoms with Gasteiger partial charge in [0, 0.05) is 18.9 Å². The van der Waals surface area contributed by atoms with E-state index in [1.54, 1.807) is 43.1 Å². The van der Waals surface area contributed by atoms with Crippen molar-refractivity contribution in [3.05, 3.63) is 78.3 Å². The number of aromatic nitrogens is 2. The third-order valence-corrected chi connectivity index (χ3v) is 3.25. The van der Waals surface area contributed by atoms with Crippen LogP contribution in [0.2, 0.25) is 0 Å². The van der Waals surface area contributed by atoms with Crippen LogP contribution in [0.25, 0.3) is 0 Å². The van der Waals surface area contributed by atoms with Crippen LogP contribution in [0.3, 0.4) is 0 Å². The van der Waals surface area contributed by atoms with Gasteiger partial charge in [-0.3, -0.25) is 9.78 Å². The van der Waals surface area contributed by atoms with Crippen LogP contribution in [0.5, 0.6) is 0 Å². The lowest BCUT2D eigenvalue weighted by Crippen LogP contribution is -2.23. The molecule has 0 atom stereocenters. The average molecular weight is 308 g/mol. The number of rotatable bonds is 6. The highest BCUT2D eigenvalue weighted by Crippen LogP contribution is 2.09. The molecule has 1 amide bonds. The van der Waals surface area contributed by atoms with Crippen LogP contribution in [-0.2, 0) is 13.1 Å². The molecule has 3 aromatic rings. The summed E-state index contributed by atoms with van der Waals surface area (Å²) in [5.74, 6) is 0.469. The second kappa shape index (κ2) is 7.22. The Labute approximate surface area is 133 Å². The van der Waals surface area contributed by atoms with Crippen LogP contribution < -0.4 is 10.6 Å². The number of hydrogen-bond acceptors (Lipinski definition) is 5. The summed E-state index contributed by atoms with van der Waals surface area (Å²) >= 11 is 0. The van der Waals surface area contributed by atoms with Gasteiger partial charge in [0.05, 0.1) is 24.7 Å². The fraction of sp³-hybridized carbons (Fsp3) is 0.118. The van der Waals surface area contributed by atoms with Gasteiger partial charge >= 0.3 is 0 Å². The predicted octanol–water partition coefficient (Wildman–Crippen LogP) is 2.61. The van der Waals surface area contributed by atoms with Gasteiger partial charge in [-0.15, -0.1) is 0 Å². The molecule has 0 aliphatic carbocycles. The molecule has 23 heavy (non-hydrogen) atoms. The Bertz CT molecular complexity index is 740. The van der Waals surface area contributed by atoms with Crippen molar-refractivity contribution in [2.45, 2.75) is 13.1 Å². The molecule has 0 radical (unpaired) electrons. The molecule has 0 spiro atoms. The van der Waals surface area contributed by atoms with Gasteiger partial charge in [-0.1, -0.05) is 0 Å². The molecule has 0 fully saturated rings. The van der Waals surface area contributed by atoms with Crippen molar-refractivity contribution in [3.63, 3.8) is 0 Å². The van der Waals surface area contributed by atoms with Gasteiger partial charge in [0.15, 0.2) is 0 Å². The maximum atomic E-state index is 12.0. The SMILES string of the molecule is O=C(NCc1ccco1)c1ccc(NCc2ccncc2)cn1. The normalized spacial score (nSPS) is 10.3. The van der Waals surface area contributed by atoms with E-state index in [0.717, 1.165) is 11.3 Å². The van der Waals surface area contributed by atoms with E-state index in [1.165, 1.54) is 0 Å². The summed E-state index contributed by atoms with van der Waals surface area (Å²) in [4.78, 5) is 20.1. The minimum Gasteiger partial charge on any atom is -0.467 e. The number of nitrogens with zero attached hydrogens (tertiary/aromatic N) is 2. The topological polar surface area (TPSA) is 80.0 Å². The highest BCUT2D eigenvalue weighted by atomic mass is 16.3. The Morgan fingerprint density at radius 1 is 1.09 bits per heavy atom. The molecular formula is C17H16N4O2. The number of furan rings is 1. The molecular weight excluding hydrogens is 292 g/mol. The first kappa shape index (κ1) is 14.8. The minimum atomic E-state index is -0.234. The summed E-state index contributed by atoms with van der Waals surface area (Å²) in [5.41, 5.74) is 2.34. The van der Waals surface area contributed by atoms with E-state index in [-0.39, 0.29) is 5.91 Å². The van der Waals surface area contributed by atoms with Crippen LogP contribution in [0.1, 0.15) is 21.8 Å². The number of carbonyl (C=O) groups excluding carboxylic acids is 1. The lowest BCUT2D eigenvalue weighted by Gasteiger charge is -2.07. The van der Waals surface area contributed by atoms with Crippen LogP contribution in [-0.4, -0.2) is 15.9 Å². The van der Waals surface area contributed by atoms with Gasteiger partial charge in [0.2, 0.25) is 0 Å². The zero-order valence-electron chi connectivity index (χ0n) is 12.4. The highest BCUT2D eigenvalue weighted by Gasteiger charge is 2.07. The molecule has 3 heterocycles. The summed E-state index contributed by atoms with van der Waals surface area (Å²) < 4.78 is 5.16. The first-order valence-electron chi connectivity index (χ1n) is 7.21. The van der Waals surface area contributed by atoms with E-state index >= 15 is 0 Å². The number of pyridine rings is 2. The fourth-order valence-corrected chi connectivity index (χ4v) is 2.01. The van der Waals surface area contributed by atoms with Crippen LogP contribution in [0.15, 0.2) is 65.7 Å². The standard InChI is InChI=1S/C17H16N4O2/c22-17(21-12-15-2-1-9-23-15)16-4-3-14(11-20-16)19-10-13-5-7-18-8-6-13/h1-9,11,19H,10,12H2,(H,21,22). The Kier molecular flexibility index (Phi) is 4.63. The largest absolute Gasteiger partial charge is 0.467 e. The average Bonchev–Trinajstić information content (AvgIpc) is 3.13. The van der Waals surface area contributed by atoms with Crippen molar-refractivity contribution >= 4 is 11.6 Å². The van der Waals surface area contributed by atoms with Crippen molar-refractivity contribution in [3.8, 4) is 0 Å². The quantitative estimate of drug-likeness (QED) is 0.731. The maximum Gasteiger partial charge on any atom is 0.270 e. The Morgan fingerprint density at radius 3 is 2.65 bits per heavy atom. The van der Waals surface area contributed by atoms with Gasteiger partial charge in [-0.05, 0) is 42.0 Å². The maximum absolute atomic E-state index is 12.0. The molecule has 116 valence electrons. The molecule has 6 heteroatoms. The van der Waals surface area contributed by atoms with Crippen LogP contribution in [0, 0.1) is 0 Å². The van der Waals surface area contributed by atoms with Crippen molar-refractivity contribution < 1.29 is 9.21 Å². The first-order valence-corrected chi connectivity index (χ1v) is 7.21. The zero-order chi connectivity index (χ0) is 15.9. The predicted molar refractivity (Wildman–Crippen MR) is 85.7 cm³/mol. The molecule has 2 N–H and O–H groups in total. The van der Waals surface area contributed by atoms with Crippen LogP contribution >= 0.6 is 0 Å². The molecule has 0 saturated heterocycles. The summed E-state index contributed by atoms with van der Waals surface area (Å²) in [6, 6.07) is 11.0. The van der Waals surface area contributed by atoms with E-state index in [4.69, 9.17) is 4.42 Å². The number of carbonyl (C=O) groups is 1. The molecule has 3 aromatic heterocycles. The van der Waals surface area contributed by atoms with Gasteiger partial charge in [-0.25, -0.2) is 4.98 Å². The van der Waals surface area contributed by atoms with Gasteiger partial charge in [0.25, 0.3) is 5.91 Å². The minimum absolute atomic E-state index is 0.234. The van der Waals surface area contributed by atoms with E-state index in [0.29, 0.717) is 24.5 Å². The lowest BCUT2D eigenvalue weighted by molar-refractivity contribution is 0.0943. The first-order chi connectivity index (χ1) is 11.3. The number of nitrogens with one attached hydrogen (secondary N) is 2. The van der Waals surface area contributed by atoms with Crippen molar-refractivity contribution in [1.29, 1.82) is 0 Å². The third kappa shape index (κ3) is 4.16. The van der Waals surface area contributed by atoms with Gasteiger partial charge in [0.1, 0.15) is 11.5 Å². The Hall–Kier alpha value is -3.15. The second-order valence-electron chi connectivity index (χ2n) is 4.90. The third-order valence-electron chi connectivity index (χ3n) is 3.25. The smallest absolute Gasteiger partial charge is 0.270 e. The summed E-state index contributed by atoms with van der Waals surface area (Å²) in [7, 11) is 0. The molecule has 0 aliphatic rings. The number of hydrogen-bond donors (Lipinski definition) is 2. The van der Waals surface area contributed by atoms with Gasteiger partial charge < -0.3 is 15.1 Å². The van der Waals surface area contributed by atoms with Crippen molar-refractivity contribution in [2.75, 3.05) is 5.32 Å². The molecule has 3 rings (SSSR count). The lowest BCUT2D eigenvalue weighted by atomic mass is 10.2. The fourth-order valence-electron chi connectivity index (χ4n) is 2.01. The van der Waals surface area contributed by atoms with E-state index in [9.17, 15) is 4.79 Å². The summed E-state index contributed by atoms with van der Waals surface area (Å²) in [5, 5.41) is 6.00. The van der Waals surface area contributed by atoms with E-state index in [1.807, 2.05) is 18.2 Å². The molecule has 0 bridgehead atoms. The van der Waals surface area contributed by atoms with Gasteiger partial charge in [-0.2, -0.15) is 0 Å². The summed E-state index contributed by atoms with van der Waals surface area (Å²) in [6.07, 6.45) is 6.72. The number of amides is 1. The highest BCUT2D eigenvalue weighted by molar-refractivity contribution is 5.92. The molecule has 0 saturated carbocycles. The Morgan fingerprint density at radius 2 is 1.96 bits per heavy atom. The summed E-state index contributed by atoms with van der Waals surface area (Å²) in [6.45, 7) is 1.02. The molecule has 0 aromatic carbocycles. The Balaban J connectivity index is 1.53.